The second-order valence-corrected chi connectivity index (χ2v) is 2.31. The molecule has 0 heterocycles. The van der Waals surface area contributed by atoms with E-state index in [-0.39, 0.29) is 21.8 Å². The molecule has 0 unspecified atom stereocenters. The zero-order chi connectivity index (χ0) is 8.49. The molecule has 3 heteroatoms. The normalized spacial score (nSPS) is 6.40. The fraction of sp³-hybridized carbons (Fsp3) is 0. The van der Waals surface area contributed by atoms with E-state index < -0.39 is 0 Å². The third-order valence-electron chi connectivity index (χ3n) is 1.33. The molecule has 0 fully saturated rings. The molecule has 0 aromatic heterocycles. The summed E-state index contributed by atoms with van der Waals surface area (Å²) in [5.41, 5.74) is 0. The second-order valence-electron chi connectivity index (χ2n) is 2.31. The molecule has 0 saturated carbocycles. The summed E-state index contributed by atoms with van der Waals surface area (Å²) < 4.78 is 0. The first-order chi connectivity index (χ1) is 6.00. The van der Waals surface area contributed by atoms with E-state index in [0.29, 0.717) is 0 Å². The van der Waals surface area contributed by atoms with E-state index in [1.54, 1.807) is 0 Å². The first-order valence-electron chi connectivity index (χ1n) is 4.00. The molecule has 0 spiro atoms. The van der Waals surface area contributed by atoms with Gasteiger partial charge in [0.15, 0.2) is 0 Å². The van der Waals surface area contributed by atoms with E-state index in [9.17, 15) is 0 Å². The molecule has 0 aliphatic heterocycles. The molecule has 0 nitrogen and oxygen atoms in total. The van der Waals surface area contributed by atoms with Gasteiger partial charge in [-0.1, -0.05) is 72.8 Å². The van der Waals surface area contributed by atoms with E-state index >= 15 is 0 Å². The first kappa shape index (κ1) is 19.2. The van der Waals surface area contributed by atoms with E-state index in [4.69, 9.17) is 0 Å². The molecule has 0 radical (unpaired) electrons. The Morgan fingerprint density at radius 3 is 0.400 bits per heavy atom. The van der Waals surface area contributed by atoms with Crippen LogP contribution in [0, 0.1) is 0 Å². The van der Waals surface area contributed by atoms with Crippen LogP contribution in [0.2, 0.25) is 0 Å². The summed E-state index contributed by atoms with van der Waals surface area (Å²) in [6.45, 7) is 0. The number of hydrogen-bond donors (Lipinski definition) is 0. The van der Waals surface area contributed by atoms with E-state index in [1.807, 2.05) is 72.8 Å². The molecular formula is C12H15ClF2. The van der Waals surface area contributed by atoms with Crippen LogP contribution < -0.4 is 0 Å². The summed E-state index contributed by atoms with van der Waals surface area (Å²) in [6, 6.07) is 24.0. The Morgan fingerprint density at radius 1 is 0.267 bits per heavy atom. The van der Waals surface area contributed by atoms with Crippen LogP contribution in [-0.2, 0) is 0 Å². The monoisotopic (exact) mass is 232 g/mol. The van der Waals surface area contributed by atoms with E-state index in [0.717, 1.165) is 0 Å². The Balaban J connectivity index is -0.000000160. The number of rotatable bonds is 0. The van der Waals surface area contributed by atoms with Crippen molar-refractivity contribution in [2.45, 2.75) is 0 Å². The fourth-order valence-electron chi connectivity index (χ4n) is 0.770. The lowest BCUT2D eigenvalue weighted by atomic mass is 10.4. The van der Waals surface area contributed by atoms with Crippen LogP contribution in [0.5, 0.6) is 0 Å². The van der Waals surface area contributed by atoms with Gasteiger partial charge in [0.1, 0.15) is 0 Å². The minimum Gasteiger partial charge on any atom is -0.269 e. The van der Waals surface area contributed by atoms with Gasteiger partial charge in [0.2, 0.25) is 0 Å². The van der Waals surface area contributed by atoms with Crippen molar-refractivity contribution in [1.29, 1.82) is 0 Å². The van der Waals surface area contributed by atoms with Gasteiger partial charge in [-0.2, -0.15) is 0 Å². The lowest BCUT2D eigenvalue weighted by Gasteiger charge is -1.69. The minimum atomic E-state index is 0. The molecule has 0 aliphatic carbocycles. The molecule has 0 aliphatic rings. The van der Waals surface area contributed by atoms with Crippen molar-refractivity contribution in [2.75, 3.05) is 0 Å². The number of hydrogen-bond acceptors (Lipinski definition) is 0. The van der Waals surface area contributed by atoms with Crippen LogP contribution in [0.4, 0.5) is 9.41 Å². The quantitative estimate of drug-likeness (QED) is 0.642. The molecule has 2 rings (SSSR count). The maximum atomic E-state index is 2.00. The molecule has 0 amide bonds. The Kier molecular flexibility index (Phi) is 19.3. The predicted octanol–water partition coefficient (Wildman–Crippen LogP) is 4.10. The van der Waals surface area contributed by atoms with Crippen LogP contribution in [0.3, 0.4) is 0 Å². The van der Waals surface area contributed by atoms with Gasteiger partial charge >= 0.3 is 0 Å². The first-order valence-corrected chi connectivity index (χ1v) is 4.00. The maximum absolute atomic E-state index is 2.00. The van der Waals surface area contributed by atoms with Gasteiger partial charge in [0, 0.05) is 0 Å². The van der Waals surface area contributed by atoms with Crippen molar-refractivity contribution in [3.8, 4) is 0 Å². The highest BCUT2D eigenvalue weighted by Crippen LogP contribution is 1.80. The third-order valence-corrected chi connectivity index (χ3v) is 1.33. The van der Waals surface area contributed by atoms with Crippen molar-refractivity contribution in [3.63, 3.8) is 0 Å². The summed E-state index contributed by atoms with van der Waals surface area (Å²) in [6.07, 6.45) is 0. The largest absolute Gasteiger partial charge is 0.269 e. The SMILES string of the molecule is Cl.F.F.c1ccccc1.c1ccccc1. The average molecular weight is 233 g/mol. The van der Waals surface area contributed by atoms with Gasteiger partial charge < -0.3 is 0 Å². The summed E-state index contributed by atoms with van der Waals surface area (Å²) in [7, 11) is 0. The maximum Gasteiger partial charge on any atom is -0.0623 e. The molecule has 2 aromatic rings. The fourth-order valence-corrected chi connectivity index (χ4v) is 0.770. The zero-order valence-corrected chi connectivity index (χ0v) is 8.97. The molecular weight excluding hydrogens is 218 g/mol. The van der Waals surface area contributed by atoms with E-state index in [1.165, 1.54) is 0 Å². The topological polar surface area (TPSA) is 0 Å². The molecule has 0 N–H and O–H groups in total. The van der Waals surface area contributed by atoms with Crippen molar-refractivity contribution < 1.29 is 9.41 Å². The van der Waals surface area contributed by atoms with Crippen LogP contribution in [0.25, 0.3) is 0 Å². The zero-order valence-electron chi connectivity index (χ0n) is 8.15. The number of halogens is 3. The Morgan fingerprint density at radius 2 is 0.333 bits per heavy atom. The van der Waals surface area contributed by atoms with Gasteiger partial charge in [0.05, 0.1) is 0 Å². The highest BCUT2D eigenvalue weighted by atomic mass is 35.5. The van der Waals surface area contributed by atoms with Gasteiger partial charge in [-0.25, -0.2) is 0 Å². The van der Waals surface area contributed by atoms with Crippen molar-refractivity contribution >= 4 is 12.4 Å². The van der Waals surface area contributed by atoms with E-state index in [2.05, 4.69) is 0 Å². The van der Waals surface area contributed by atoms with Crippen molar-refractivity contribution in [2.24, 2.45) is 0 Å². The highest BCUT2D eigenvalue weighted by Gasteiger charge is 1.58. The summed E-state index contributed by atoms with van der Waals surface area (Å²) in [4.78, 5) is 0. The average Bonchev–Trinajstić information content (AvgIpc) is 2.24. The summed E-state index contributed by atoms with van der Waals surface area (Å²) >= 11 is 0. The van der Waals surface area contributed by atoms with Crippen LogP contribution in [0.1, 0.15) is 0 Å². The van der Waals surface area contributed by atoms with Gasteiger partial charge in [-0.3, -0.25) is 9.41 Å². The third kappa shape index (κ3) is 12.6. The number of benzene rings is 2. The van der Waals surface area contributed by atoms with Crippen LogP contribution in [-0.4, -0.2) is 0 Å². The van der Waals surface area contributed by atoms with Gasteiger partial charge in [-0.05, 0) is 0 Å². The van der Waals surface area contributed by atoms with Crippen LogP contribution in [0.15, 0.2) is 72.8 Å². The molecule has 2 aromatic carbocycles. The Hall–Kier alpha value is -1.41. The lowest BCUT2D eigenvalue weighted by molar-refractivity contribution is 1.11. The lowest BCUT2D eigenvalue weighted by Crippen LogP contribution is -1.47. The minimum absolute atomic E-state index is 0. The van der Waals surface area contributed by atoms with Gasteiger partial charge in [-0.15, -0.1) is 12.4 Å². The Bertz CT molecular complexity index is 189. The second kappa shape index (κ2) is 15.1. The molecule has 0 bridgehead atoms. The predicted molar refractivity (Wildman–Crippen MR) is 65.1 cm³/mol. The molecule has 15 heavy (non-hydrogen) atoms. The molecule has 0 saturated heterocycles. The highest BCUT2D eigenvalue weighted by molar-refractivity contribution is 5.85. The van der Waals surface area contributed by atoms with Crippen molar-refractivity contribution in [1.82, 2.24) is 0 Å². The Labute approximate surface area is 95.1 Å². The van der Waals surface area contributed by atoms with Crippen LogP contribution >= 0.6 is 12.4 Å². The van der Waals surface area contributed by atoms with Gasteiger partial charge in [0.25, 0.3) is 0 Å². The molecule has 0 atom stereocenters. The van der Waals surface area contributed by atoms with Crippen molar-refractivity contribution in [3.05, 3.63) is 72.8 Å². The smallest absolute Gasteiger partial charge is 0.0623 e. The summed E-state index contributed by atoms with van der Waals surface area (Å²) in [5.74, 6) is 0. The summed E-state index contributed by atoms with van der Waals surface area (Å²) in [5, 5.41) is 0. The standard InChI is InChI=1S/2C6H6.ClH.2FH/c2*1-2-4-6-5-3-1;;;/h2*1-6H;3*1H. The molecule has 84 valence electrons.